The fourth-order valence-electron chi connectivity index (χ4n) is 1.10. The Morgan fingerprint density at radius 2 is 2.36 bits per heavy atom. The lowest BCUT2D eigenvalue weighted by atomic mass is 10.3. The van der Waals surface area contributed by atoms with Gasteiger partial charge in [-0.3, -0.25) is 0 Å². The van der Waals surface area contributed by atoms with Crippen LogP contribution < -0.4 is 0 Å². The van der Waals surface area contributed by atoms with Crippen molar-refractivity contribution in [1.82, 2.24) is 19.7 Å². The molecule has 6 heteroatoms. The van der Waals surface area contributed by atoms with E-state index in [1.54, 1.807) is 17.2 Å². The Morgan fingerprint density at radius 3 is 3.00 bits per heavy atom. The monoisotopic (exact) mass is 272 g/mol. The third kappa shape index (κ3) is 1.78. The third-order valence-electron chi connectivity index (χ3n) is 1.69. The second kappa shape index (κ2) is 4.06. The summed E-state index contributed by atoms with van der Waals surface area (Å²) in [5.74, 6) is 1.10. The summed E-state index contributed by atoms with van der Waals surface area (Å²) in [7, 11) is 0. The number of hydrogen-bond acceptors (Lipinski definition) is 3. The van der Waals surface area contributed by atoms with E-state index in [0.717, 1.165) is 10.0 Å². The molecular weight excluding hydrogens is 267 g/mol. The van der Waals surface area contributed by atoms with Crippen LogP contribution in [-0.4, -0.2) is 19.7 Å². The lowest BCUT2D eigenvalue weighted by Crippen LogP contribution is -2.02. The van der Waals surface area contributed by atoms with E-state index in [1.165, 1.54) is 6.33 Å². The van der Waals surface area contributed by atoms with E-state index in [2.05, 4.69) is 31.0 Å². The van der Waals surface area contributed by atoms with Gasteiger partial charge < -0.3 is 0 Å². The summed E-state index contributed by atoms with van der Waals surface area (Å²) in [6.07, 6.45) is 4.75. The van der Waals surface area contributed by atoms with Crippen LogP contribution in [-0.2, 0) is 5.88 Å². The molecule has 0 spiro atoms. The molecule has 0 aromatic carbocycles. The first-order chi connectivity index (χ1) is 6.81. The van der Waals surface area contributed by atoms with Gasteiger partial charge in [0.2, 0.25) is 0 Å². The van der Waals surface area contributed by atoms with Crippen molar-refractivity contribution in [3.8, 4) is 5.82 Å². The van der Waals surface area contributed by atoms with Gasteiger partial charge in [-0.25, -0.2) is 14.6 Å². The maximum Gasteiger partial charge on any atom is 0.159 e. The Kier molecular flexibility index (Phi) is 2.79. The van der Waals surface area contributed by atoms with E-state index >= 15 is 0 Å². The van der Waals surface area contributed by atoms with Crippen LogP contribution in [0.3, 0.4) is 0 Å². The van der Waals surface area contributed by atoms with E-state index in [1.807, 2.05) is 6.07 Å². The van der Waals surface area contributed by atoms with E-state index in [9.17, 15) is 0 Å². The topological polar surface area (TPSA) is 43.6 Å². The first kappa shape index (κ1) is 9.61. The number of alkyl halides is 1. The van der Waals surface area contributed by atoms with Crippen LogP contribution in [0, 0.1) is 0 Å². The van der Waals surface area contributed by atoms with Gasteiger partial charge in [-0.05, 0) is 22.0 Å². The molecule has 2 aromatic heterocycles. The summed E-state index contributed by atoms with van der Waals surface area (Å²) in [4.78, 5) is 8.07. The van der Waals surface area contributed by atoms with Crippen molar-refractivity contribution in [1.29, 1.82) is 0 Å². The second-order valence-corrected chi connectivity index (χ2v) is 3.79. The molecule has 14 heavy (non-hydrogen) atoms. The molecule has 0 atom stereocenters. The average molecular weight is 274 g/mol. The summed E-state index contributed by atoms with van der Waals surface area (Å²) in [6, 6.07) is 1.91. The maximum absolute atomic E-state index is 5.80. The molecule has 4 nitrogen and oxygen atoms in total. The Hall–Kier alpha value is -0.940. The smallest absolute Gasteiger partial charge is 0.159 e. The first-order valence-electron chi connectivity index (χ1n) is 3.86. The molecule has 0 fully saturated rings. The van der Waals surface area contributed by atoms with Crippen LogP contribution in [0.25, 0.3) is 5.82 Å². The van der Waals surface area contributed by atoms with E-state index in [-0.39, 0.29) is 0 Å². The van der Waals surface area contributed by atoms with Crippen molar-refractivity contribution in [2.45, 2.75) is 5.88 Å². The minimum absolute atomic E-state index is 0.391. The van der Waals surface area contributed by atoms with Crippen LogP contribution in [0.1, 0.15) is 5.56 Å². The zero-order chi connectivity index (χ0) is 9.97. The van der Waals surface area contributed by atoms with Crippen molar-refractivity contribution in [3.05, 3.63) is 35.0 Å². The largest absolute Gasteiger partial charge is 0.236 e. The predicted molar refractivity (Wildman–Crippen MR) is 56.4 cm³/mol. The molecule has 0 unspecified atom stereocenters. The van der Waals surface area contributed by atoms with E-state index in [4.69, 9.17) is 11.6 Å². The fourth-order valence-corrected chi connectivity index (χ4v) is 1.67. The summed E-state index contributed by atoms with van der Waals surface area (Å²) in [6.45, 7) is 0. The van der Waals surface area contributed by atoms with Crippen LogP contribution in [0.2, 0.25) is 0 Å². The van der Waals surface area contributed by atoms with E-state index in [0.29, 0.717) is 11.7 Å². The zero-order valence-corrected chi connectivity index (χ0v) is 9.40. The van der Waals surface area contributed by atoms with E-state index < -0.39 is 0 Å². The number of nitrogens with zero attached hydrogens (tertiary/aromatic N) is 4. The first-order valence-corrected chi connectivity index (χ1v) is 5.19. The Bertz CT molecular complexity index is 429. The normalized spacial score (nSPS) is 10.4. The van der Waals surface area contributed by atoms with Gasteiger partial charge in [-0.15, -0.1) is 11.6 Å². The number of halogens is 2. The Morgan fingerprint density at radius 1 is 1.50 bits per heavy atom. The predicted octanol–water partition coefficient (Wildman–Crippen LogP) is 2.16. The summed E-state index contributed by atoms with van der Waals surface area (Å²) in [5, 5.41) is 3.99. The van der Waals surface area contributed by atoms with Crippen molar-refractivity contribution in [2.24, 2.45) is 0 Å². The zero-order valence-electron chi connectivity index (χ0n) is 7.06. The van der Waals surface area contributed by atoms with Gasteiger partial charge in [0, 0.05) is 16.2 Å². The lowest BCUT2D eigenvalue weighted by molar-refractivity contribution is 0.833. The van der Waals surface area contributed by atoms with Gasteiger partial charge >= 0.3 is 0 Å². The van der Waals surface area contributed by atoms with Gasteiger partial charge in [0.1, 0.15) is 12.7 Å². The molecule has 0 bridgehead atoms. The van der Waals surface area contributed by atoms with Crippen molar-refractivity contribution >= 4 is 27.5 Å². The van der Waals surface area contributed by atoms with Gasteiger partial charge in [-0.1, -0.05) is 0 Å². The number of pyridine rings is 1. The molecule has 72 valence electrons. The quantitative estimate of drug-likeness (QED) is 0.788. The Labute approximate surface area is 94.1 Å². The highest BCUT2D eigenvalue weighted by atomic mass is 79.9. The summed E-state index contributed by atoms with van der Waals surface area (Å²) in [5.41, 5.74) is 0.909. The fraction of sp³-hybridized carbons (Fsp3) is 0.125. The van der Waals surface area contributed by atoms with Gasteiger partial charge in [0.15, 0.2) is 5.82 Å². The van der Waals surface area contributed by atoms with Crippen LogP contribution >= 0.6 is 27.5 Å². The summed E-state index contributed by atoms with van der Waals surface area (Å²) < 4.78 is 2.49. The molecule has 0 aliphatic heterocycles. The third-order valence-corrected chi connectivity index (χ3v) is 2.41. The summed E-state index contributed by atoms with van der Waals surface area (Å²) >= 11 is 9.13. The lowest BCUT2D eigenvalue weighted by Gasteiger charge is -2.04. The van der Waals surface area contributed by atoms with Gasteiger partial charge in [-0.2, -0.15) is 5.10 Å². The molecule has 0 aliphatic rings. The molecule has 0 saturated carbocycles. The minimum atomic E-state index is 0.391. The van der Waals surface area contributed by atoms with Crippen LogP contribution in [0.4, 0.5) is 0 Å². The molecule has 0 amide bonds. The van der Waals surface area contributed by atoms with Crippen LogP contribution in [0.15, 0.2) is 29.4 Å². The van der Waals surface area contributed by atoms with Gasteiger partial charge in [0.05, 0.1) is 5.88 Å². The number of rotatable bonds is 2. The molecule has 2 rings (SSSR count). The molecule has 2 aromatic rings. The van der Waals surface area contributed by atoms with Gasteiger partial charge in [0.25, 0.3) is 0 Å². The molecule has 2 heterocycles. The highest BCUT2D eigenvalue weighted by molar-refractivity contribution is 9.10. The maximum atomic E-state index is 5.80. The number of hydrogen-bond donors (Lipinski definition) is 0. The molecular formula is C8H6BrClN4. The molecule has 0 aliphatic carbocycles. The highest BCUT2D eigenvalue weighted by Crippen LogP contribution is 2.17. The Balaban J connectivity index is 2.53. The highest BCUT2D eigenvalue weighted by Gasteiger charge is 2.06. The second-order valence-electron chi connectivity index (χ2n) is 2.61. The molecule has 0 N–H and O–H groups in total. The van der Waals surface area contributed by atoms with Crippen LogP contribution in [0.5, 0.6) is 0 Å². The molecule has 0 radical (unpaired) electrons. The average Bonchev–Trinajstić information content (AvgIpc) is 2.70. The number of aromatic nitrogens is 4. The SMILES string of the molecule is ClCc1cc(Br)cnc1-n1cncn1. The van der Waals surface area contributed by atoms with Crippen molar-refractivity contribution in [2.75, 3.05) is 0 Å². The minimum Gasteiger partial charge on any atom is -0.236 e. The standard InChI is InChI=1S/C8H6BrClN4/c9-7-1-6(2-10)8(12-3-7)14-5-11-4-13-14/h1,3-5H,2H2. The van der Waals surface area contributed by atoms with Crippen molar-refractivity contribution < 1.29 is 0 Å². The molecule has 0 saturated heterocycles. The van der Waals surface area contributed by atoms with Crippen molar-refractivity contribution in [3.63, 3.8) is 0 Å².